The second-order valence-electron chi connectivity index (χ2n) is 2.74. The number of allylic oxidation sites excluding steroid dienone is 1. The average Bonchev–Trinajstić information content (AvgIpc) is 2.22. The highest BCUT2D eigenvalue weighted by molar-refractivity contribution is 5.81. The number of hydrogen-bond acceptors (Lipinski definition) is 3. The molecular weight excluding hydrogens is 204 g/mol. The van der Waals surface area contributed by atoms with E-state index >= 15 is 0 Å². The summed E-state index contributed by atoms with van der Waals surface area (Å²) >= 11 is 0. The maximum absolute atomic E-state index is 13.0. The highest BCUT2D eigenvalue weighted by Gasteiger charge is 2.05. The highest BCUT2D eigenvalue weighted by atomic mass is 19.1. The van der Waals surface area contributed by atoms with E-state index in [9.17, 15) is 13.6 Å². The molecule has 0 radical (unpaired) electrons. The normalized spacial score (nSPS) is 10.6. The van der Waals surface area contributed by atoms with Crippen LogP contribution in [0, 0.1) is 11.6 Å². The molecule has 0 aliphatic rings. The van der Waals surface area contributed by atoms with Crippen molar-refractivity contribution in [3.8, 4) is 0 Å². The molecule has 0 amide bonds. The molecule has 15 heavy (non-hydrogen) atoms. The molecule has 80 valence electrons. The number of rotatable bonds is 3. The lowest BCUT2D eigenvalue weighted by atomic mass is 10.1. The lowest BCUT2D eigenvalue weighted by molar-refractivity contribution is -0.138. The van der Waals surface area contributed by atoms with Crippen LogP contribution in [-0.4, -0.2) is 5.97 Å². The van der Waals surface area contributed by atoms with Gasteiger partial charge in [0.25, 0.3) is 0 Å². The summed E-state index contributed by atoms with van der Waals surface area (Å²) in [5.41, 5.74) is -0.0985. The molecule has 0 heterocycles. The Hall–Kier alpha value is -1.75. The van der Waals surface area contributed by atoms with Crippen molar-refractivity contribution < 1.29 is 18.4 Å². The van der Waals surface area contributed by atoms with Crippen LogP contribution in [0.5, 0.6) is 0 Å². The fourth-order valence-electron chi connectivity index (χ4n) is 1.04. The van der Waals surface area contributed by atoms with Crippen molar-refractivity contribution in [3.63, 3.8) is 0 Å². The molecule has 0 fully saturated rings. The predicted molar refractivity (Wildman–Crippen MR) is 49.5 cm³/mol. The zero-order valence-corrected chi connectivity index (χ0v) is 7.74. The first-order valence-corrected chi connectivity index (χ1v) is 4.15. The second kappa shape index (κ2) is 5.21. The van der Waals surface area contributed by atoms with Gasteiger partial charge in [-0.05, 0) is 18.6 Å². The Balaban J connectivity index is 2.73. The quantitative estimate of drug-likeness (QED) is 0.611. The maximum Gasteiger partial charge on any atom is 0.348 e. The lowest BCUT2D eigenvalue weighted by Gasteiger charge is -2.00. The van der Waals surface area contributed by atoms with Crippen molar-refractivity contribution in [2.45, 2.75) is 6.42 Å². The van der Waals surface area contributed by atoms with Crippen LogP contribution in [-0.2, 0) is 16.1 Å². The van der Waals surface area contributed by atoms with Gasteiger partial charge < -0.3 is 4.84 Å². The van der Waals surface area contributed by atoms with Crippen LogP contribution < -0.4 is 5.90 Å². The average molecular weight is 213 g/mol. The molecule has 0 spiro atoms. The van der Waals surface area contributed by atoms with Crippen molar-refractivity contribution in [1.29, 1.82) is 0 Å². The van der Waals surface area contributed by atoms with E-state index in [0.29, 0.717) is 0 Å². The Morgan fingerprint density at radius 2 is 2.00 bits per heavy atom. The molecule has 1 aromatic carbocycles. The van der Waals surface area contributed by atoms with Crippen molar-refractivity contribution in [3.05, 3.63) is 47.5 Å². The Labute approximate surface area is 85.1 Å². The third-order valence-corrected chi connectivity index (χ3v) is 1.75. The van der Waals surface area contributed by atoms with Gasteiger partial charge >= 0.3 is 5.97 Å². The van der Waals surface area contributed by atoms with Gasteiger partial charge in [0, 0.05) is 11.6 Å². The van der Waals surface area contributed by atoms with Gasteiger partial charge in [0.15, 0.2) is 0 Å². The zero-order valence-electron chi connectivity index (χ0n) is 7.74. The van der Waals surface area contributed by atoms with Crippen LogP contribution in [0.25, 0.3) is 0 Å². The molecule has 5 heteroatoms. The van der Waals surface area contributed by atoms with Gasteiger partial charge in [-0.2, -0.15) is 5.90 Å². The lowest BCUT2D eigenvalue weighted by Crippen LogP contribution is -2.06. The van der Waals surface area contributed by atoms with Crippen LogP contribution >= 0.6 is 0 Å². The molecule has 0 aliphatic heterocycles. The van der Waals surface area contributed by atoms with E-state index < -0.39 is 17.6 Å². The predicted octanol–water partition coefficient (Wildman–Crippen LogP) is 1.48. The molecule has 0 atom stereocenters. The number of carbonyl (C=O) groups excluding carboxylic acids is 1. The standard InChI is InChI=1S/C10H9F2NO2/c11-8-4-2-5-9(12)7(8)3-1-6-10(14)15-13/h1-2,4-6H,3,13H2/b6-1+. The largest absolute Gasteiger partial charge is 0.370 e. The molecule has 0 aliphatic carbocycles. The van der Waals surface area contributed by atoms with Crippen LogP contribution in [0.1, 0.15) is 5.56 Å². The summed E-state index contributed by atoms with van der Waals surface area (Å²) in [6, 6.07) is 3.56. The van der Waals surface area contributed by atoms with E-state index in [2.05, 4.69) is 10.7 Å². The molecule has 0 saturated heterocycles. The van der Waals surface area contributed by atoms with E-state index in [1.807, 2.05) is 0 Å². The van der Waals surface area contributed by atoms with E-state index in [1.165, 1.54) is 12.1 Å². The molecule has 1 rings (SSSR count). The third-order valence-electron chi connectivity index (χ3n) is 1.75. The summed E-state index contributed by atoms with van der Waals surface area (Å²) in [5.74, 6) is 2.49. The van der Waals surface area contributed by atoms with Gasteiger partial charge in [-0.15, -0.1) is 0 Å². The maximum atomic E-state index is 13.0. The monoisotopic (exact) mass is 213 g/mol. The fraction of sp³-hybridized carbons (Fsp3) is 0.100. The second-order valence-corrected chi connectivity index (χ2v) is 2.74. The smallest absolute Gasteiger partial charge is 0.348 e. The zero-order chi connectivity index (χ0) is 11.3. The summed E-state index contributed by atoms with van der Waals surface area (Å²) in [5, 5.41) is 0. The molecule has 2 N–H and O–H groups in total. The minimum Gasteiger partial charge on any atom is -0.370 e. The summed E-state index contributed by atoms with van der Waals surface area (Å²) in [7, 11) is 0. The third kappa shape index (κ3) is 3.14. The Morgan fingerprint density at radius 1 is 1.40 bits per heavy atom. The SMILES string of the molecule is NOC(=O)/C=C/Cc1c(F)cccc1F. The molecule has 3 nitrogen and oxygen atoms in total. The summed E-state index contributed by atoms with van der Waals surface area (Å²) in [6.45, 7) is 0. The molecule has 0 bridgehead atoms. The fourth-order valence-corrected chi connectivity index (χ4v) is 1.04. The van der Waals surface area contributed by atoms with Gasteiger partial charge in [-0.1, -0.05) is 12.1 Å². The van der Waals surface area contributed by atoms with Crippen LogP contribution in [0.15, 0.2) is 30.4 Å². The topological polar surface area (TPSA) is 52.3 Å². The Bertz CT molecular complexity index is 371. The Morgan fingerprint density at radius 3 is 2.53 bits per heavy atom. The number of benzene rings is 1. The minimum absolute atomic E-state index is 0.0341. The molecule has 0 aromatic heterocycles. The molecule has 0 unspecified atom stereocenters. The first-order chi connectivity index (χ1) is 7.15. The molecular formula is C10H9F2NO2. The first-order valence-electron chi connectivity index (χ1n) is 4.15. The molecule has 0 saturated carbocycles. The van der Waals surface area contributed by atoms with Crippen molar-refractivity contribution in [2.24, 2.45) is 5.90 Å². The minimum atomic E-state index is -0.772. The first kappa shape index (κ1) is 11.3. The van der Waals surface area contributed by atoms with Gasteiger partial charge in [0.1, 0.15) is 11.6 Å². The Kier molecular flexibility index (Phi) is 3.93. The van der Waals surface area contributed by atoms with Crippen LogP contribution in [0.2, 0.25) is 0 Å². The number of hydrogen-bond donors (Lipinski definition) is 1. The number of carbonyl (C=O) groups is 1. The van der Waals surface area contributed by atoms with Crippen molar-refractivity contribution in [2.75, 3.05) is 0 Å². The van der Waals surface area contributed by atoms with Gasteiger partial charge in [-0.25, -0.2) is 13.6 Å². The van der Waals surface area contributed by atoms with Crippen LogP contribution in [0.3, 0.4) is 0 Å². The van der Waals surface area contributed by atoms with E-state index in [-0.39, 0.29) is 12.0 Å². The van der Waals surface area contributed by atoms with Crippen molar-refractivity contribution >= 4 is 5.97 Å². The van der Waals surface area contributed by atoms with E-state index in [1.54, 1.807) is 0 Å². The number of nitrogens with two attached hydrogens (primary N) is 1. The summed E-state index contributed by atoms with van der Waals surface area (Å²) in [4.78, 5) is 14.4. The van der Waals surface area contributed by atoms with Crippen LogP contribution in [0.4, 0.5) is 8.78 Å². The molecule has 1 aromatic rings. The van der Waals surface area contributed by atoms with E-state index in [4.69, 9.17) is 0 Å². The van der Waals surface area contributed by atoms with Gasteiger partial charge in [0.2, 0.25) is 0 Å². The van der Waals surface area contributed by atoms with Gasteiger partial charge in [-0.3, -0.25) is 0 Å². The van der Waals surface area contributed by atoms with Crippen molar-refractivity contribution in [1.82, 2.24) is 0 Å². The summed E-state index contributed by atoms with van der Waals surface area (Å²) < 4.78 is 26.1. The number of halogens is 2. The highest BCUT2D eigenvalue weighted by Crippen LogP contribution is 2.12. The van der Waals surface area contributed by atoms with E-state index in [0.717, 1.165) is 18.2 Å². The van der Waals surface area contributed by atoms with Gasteiger partial charge in [0.05, 0.1) is 0 Å². The summed E-state index contributed by atoms with van der Waals surface area (Å²) in [6.07, 6.45) is 2.25.